The van der Waals surface area contributed by atoms with Gasteiger partial charge in [-0.1, -0.05) is 12.2 Å². The minimum absolute atomic E-state index is 0.0674. The topological polar surface area (TPSA) is 87.1 Å². The highest BCUT2D eigenvalue weighted by Gasteiger charge is 2.77. The number of likely N-dealkylation sites (tertiary alicyclic amines) is 1. The van der Waals surface area contributed by atoms with Crippen molar-refractivity contribution < 1.29 is 24.2 Å². The van der Waals surface area contributed by atoms with Gasteiger partial charge in [-0.2, -0.15) is 0 Å². The van der Waals surface area contributed by atoms with Crippen LogP contribution >= 0.6 is 11.8 Å². The molecular weight excluding hydrogens is 440 g/mol. The first kappa shape index (κ1) is 25.8. The molecule has 3 fully saturated rings. The second-order valence-corrected chi connectivity index (χ2v) is 12.4. The van der Waals surface area contributed by atoms with Gasteiger partial charge in [-0.25, -0.2) is 0 Å². The van der Waals surface area contributed by atoms with Crippen molar-refractivity contribution in [3.05, 3.63) is 25.3 Å². The molecule has 184 valence electrons. The molecule has 0 saturated carbocycles. The summed E-state index contributed by atoms with van der Waals surface area (Å²) in [7, 11) is 0. The lowest BCUT2D eigenvalue weighted by molar-refractivity contribution is -0.155. The second-order valence-electron chi connectivity index (χ2n) is 10.5. The van der Waals surface area contributed by atoms with Gasteiger partial charge in [0.1, 0.15) is 6.04 Å². The summed E-state index contributed by atoms with van der Waals surface area (Å²) < 4.78 is 4.45. The van der Waals surface area contributed by atoms with Crippen molar-refractivity contribution in [1.29, 1.82) is 0 Å². The maximum absolute atomic E-state index is 14.0. The van der Waals surface area contributed by atoms with Crippen LogP contribution in [0.5, 0.6) is 0 Å². The smallest absolute Gasteiger partial charge is 0.311 e. The summed E-state index contributed by atoms with van der Waals surface area (Å²) in [4.78, 5) is 44.3. The molecule has 2 bridgehead atoms. The molecule has 3 saturated heterocycles. The molecule has 3 aliphatic rings. The summed E-state index contributed by atoms with van der Waals surface area (Å²) in [6, 6.07) is -0.730. The van der Waals surface area contributed by atoms with Gasteiger partial charge in [0.25, 0.3) is 0 Å². The van der Waals surface area contributed by atoms with Crippen molar-refractivity contribution >= 4 is 29.5 Å². The number of allylic oxidation sites excluding steroid dienone is 1. The van der Waals surface area contributed by atoms with E-state index in [2.05, 4.69) is 13.2 Å². The fourth-order valence-corrected chi connectivity index (χ4v) is 8.21. The van der Waals surface area contributed by atoms with Crippen LogP contribution in [0.1, 0.15) is 53.4 Å². The normalized spacial score (nSPS) is 32.6. The molecule has 0 aromatic carbocycles. The zero-order valence-corrected chi connectivity index (χ0v) is 21.2. The molecule has 0 aromatic heterocycles. The van der Waals surface area contributed by atoms with Crippen molar-refractivity contribution in [1.82, 2.24) is 9.80 Å². The van der Waals surface area contributed by atoms with E-state index in [-0.39, 0.29) is 37.5 Å². The van der Waals surface area contributed by atoms with Gasteiger partial charge in [0, 0.05) is 23.4 Å². The molecule has 2 amide bonds. The molecule has 5 atom stereocenters. The van der Waals surface area contributed by atoms with Gasteiger partial charge in [0.15, 0.2) is 0 Å². The number of hydrogen-bond donors (Lipinski definition) is 1. The Bertz CT molecular complexity index is 824. The first-order chi connectivity index (χ1) is 15.5. The van der Waals surface area contributed by atoms with E-state index in [1.807, 2.05) is 27.7 Å². The van der Waals surface area contributed by atoms with Gasteiger partial charge in [-0.3, -0.25) is 14.4 Å². The van der Waals surface area contributed by atoms with E-state index in [9.17, 15) is 19.5 Å². The number of unbranched alkanes of at least 4 members (excludes halogenated alkanes) is 1. The molecule has 3 aliphatic heterocycles. The van der Waals surface area contributed by atoms with Gasteiger partial charge >= 0.3 is 5.97 Å². The summed E-state index contributed by atoms with van der Waals surface area (Å²) in [6.45, 7) is 15.9. The minimum Gasteiger partial charge on any atom is -0.465 e. The van der Waals surface area contributed by atoms with E-state index in [4.69, 9.17) is 4.74 Å². The summed E-state index contributed by atoms with van der Waals surface area (Å²) in [5, 5.41) is 9.73. The largest absolute Gasteiger partial charge is 0.465 e. The Kier molecular flexibility index (Phi) is 7.39. The third kappa shape index (κ3) is 4.25. The number of amides is 2. The molecule has 8 heteroatoms. The van der Waals surface area contributed by atoms with Crippen LogP contribution in [0.25, 0.3) is 0 Å². The Morgan fingerprint density at radius 1 is 1.30 bits per heavy atom. The zero-order valence-electron chi connectivity index (χ0n) is 20.3. The zero-order chi connectivity index (χ0) is 24.6. The number of ether oxygens (including phenoxy) is 1. The molecule has 0 radical (unpaired) electrons. The van der Waals surface area contributed by atoms with E-state index in [0.29, 0.717) is 19.4 Å². The number of aliphatic hydroxyl groups excluding tert-OH is 1. The lowest BCUT2D eigenvalue weighted by Gasteiger charge is -2.42. The number of thioether (sulfide) groups is 1. The molecule has 2 unspecified atom stereocenters. The van der Waals surface area contributed by atoms with Crippen LogP contribution in [0.15, 0.2) is 25.3 Å². The van der Waals surface area contributed by atoms with Crippen molar-refractivity contribution in [3.8, 4) is 0 Å². The van der Waals surface area contributed by atoms with E-state index < -0.39 is 32.9 Å². The molecule has 3 heterocycles. The Morgan fingerprint density at radius 3 is 2.58 bits per heavy atom. The predicted molar refractivity (Wildman–Crippen MR) is 130 cm³/mol. The number of rotatable bonds is 10. The Balaban J connectivity index is 1.99. The monoisotopic (exact) mass is 478 g/mol. The van der Waals surface area contributed by atoms with Crippen LogP contribution < -0.4 is 0 Å². The molecule has 1 spiro atoms. The molecule has 0 aromatic rings. The quantitative estimate of drug-likeness (QED) is 0.295. The summed E-state index contributed by atoms with van der Waals surface area (Å²) in [5.41, 5.74) is -0.470. The number of esters is 1. The van der Waals surface area contributed by atoms with Gasteiger partial charge < -0.3 is 19.6 Å². The number of aliphatic hydroxyl groups is 1. The predicted octanol–water partition coefficient (Wildman–Crippen LogP) is 2.78. The van der Waals surface area contributed by atoms with E-state index in [0.717, 1.165) is 12.8 Å². The summed E-state index contributed by atoms with van der Waals surface area (Å²) in [5.74, 6) is -1.96. The first-order valence-corrected chi connectivity index (χ1v) is 12.6. The van der Waals surface area contributed by atoms with Crippen molar-refractivity contribution in [2.24, 2.45) is 11.8 Å². The number of carbonyl (C=O) groups excluding carboxylic acids is 3. The maximum Gasteiger partial charge on any atom is 0.311 e. The Hall–Kier alpha value is -1.80. The van der Waals surface area contributed by atoms with Gasteiger partial charge in [0.2, 0.25) is 11.8 Å². The second kappa shape index (κ2) is 9.45. The highest BCUT2D eigenvalue weighted by atomic mass is 32.2. The standard InChI is InChI=1S/C25H38N2O5S/c1-7-9-10-16-32-22(31)18-17-20(29)26(14-15-28)19(25(17)12-11-24(18,6)33-25)21(30)27(13-8-2)23(3,4)5/h7-8,17-19,28H,1-2,9-16H2,3-6H3/t17-,18-,19?,24+,25?/m0/s1. The lowest BCUT2D eigenvalue weighted by Crippen LogP contribution is -2.59. The third-order valence-corrected chi connectivity index (χ3v) is 9.28. The Labute approximate surface area is 201 Å². The highest BCUT2D eigenvalue weighted by Crippen LogP contribution is 2.71. The minimum atomic E-state index is -0.730. The SMILES string of the molecule is C=CCCCOC(=O)[C@@H]1[C@H]2C(=O)N(CCO)C(C(=O)N(CC=C)C(C)(C)C)C23CC[C@@]1(C)S3. The fourth-order valence-electron chi connectivity index (χ4n) is 5.87. The maximum atomic E-state index is 14.0. The van der Waals surface area contributed by atoms with Crippen molar-refractivity contribution in [2.45, 2.75) is 74.5 Å². The summed E-state index contributed by atoms with van der Waals surface area (Å²) in [6.07, 6.45) is 6.33. The van der Waals surface area contributed by atoms with E-state index in [1.165, 1.54) is 4.90 Å². The number of fused-ring (bicyclic) bond motifs is 1. The van der Waals surface area contributed by atoms with E-state index >= 15 is 0 Å². The number of nitrogens with zero attached hydrogens (tertiary/aromatic N) is 2. The van der Waals surface area contributed by atoms with Crippen molar-refractivity contribution in [3.63, 3.8) is 0 Å². The van der Waals surface area contributed by atoms with Crippen molar-refractivity contribution in [2.75, 3.05) is 26.3 Å². The van der Waals surface area contributed by atoms with Crippen LogP contribution in [0.3, 0.4) is 0 Å². The molecule has 3 rings (SSSR count). The van der Waals surface area contributed by atoms with Crippen LogP contribution in [0.2, 0.25) is 0 Å². The average molecular weight is 479 g/mol. The molecule has 1 N–H and O–H groups in total. The van der Waals surface area contributed by atoms with Crippen LogP contribution in [-0.4, -0.2) is 80.1 Å². The fraction of sp³-hybridized carbons (Fsp3) is 0.720. The average Bonchev–Trinajstić information content (AvgIpc) is 3.29. The Morgan fingerprint density at radius 2 is 2.00 bits per heavy atom. The first-order valence-electron chi connectivity index (χ1n) is 11.8. The molecule has 33 heavy (non-hydrogen) atoms. The van der Waals surface area contributed by atoms with Gasteiger partial charge in [-0.05, 0) is 53.4 Å². The van der Waals surface area contributed by atoms with Crippen LogP contribution in [0.4, 0.5) is 0 Å². The number of hydrogen-bond acceptors (Lipinski definition) is 6. The summed E-state index contributed by atoms with van der Waals surface area (Å²) >= 11 is 1.61. The van der Waals surface area contributed by atoms with E-state index in [1.54, 1.807) is 28.8 Å². The molecule has 0 aliphatic carbocycles. The number of β-amino-alcohol motifs (C(OH)–C–C–N with tert-alkyl or cyclic N) is 1. The lowest BCUT2D eigenvalue weighted by atomic mass is 9.66. The molecular formula is C25H38N2O5S. The van der Waals surface area contributed by atoms with Crippen LogP contribution in [0, 0.1) is 11.8 Å². The van der Waals surface area contributed by atoms with Gasteiger partial charge in [0.05, 0.1) is 29.8 Å². The molecule has 7 nitrogen and oxygen atoms in total. The third-order valence-electron chi connectivity index (χ3n) is 7.29. The number of carbonyl (C=O) groups is 3. The van der Waals surface area contributed by atoms with Gasteiger partial charge in [-0.15, -0.1) is 24.9 Å². The highest BCUT2D eigenvalue weighted by molar-refractivity contribution is 8.02. The van der Waals surface area contributed by atoms with Crippen LogP contribution in [-0.2, 0) is 19.1 Å².